The van der Waals surface area contributed by atoms with Crippen molar-refractivity contribution >= 4 is 30.1 Å². The smallest absolute Gasteiger partial charge is 0.414 e. The topological polar surface area (TPSA) is 96.2 Å². The fourth-order valence-corrected chi connectivity index (χ4v) is 0.981. The lowest BCUT2D eigenvalue weighted by Gasteiger charge is -1.94. The zero-order valence-corrected chi connectivity index (χ0v) is 8.61. The molecule has 0 saturated carbocycles. The van der Waals surface area contributed by atoms with Crippen molar-refractivity contribution in [1.82, 2.24) is 0 Å². The van der Waals surface area contributed by atoms with Crippen molar-refractivity contribution in [2.45, 2.75) is 0 Å². The number of carboxylic acids is 2. The second-order valence-electron chi connectivity index (χ2n) is 2.84. The van der Waals surface area contributed by atoms with E-state index >= 15 is 0 Å². The standard InChI is InChI=1S/C9H7NO.C2H2O4/c1-2-4-9-8(3-1)5-6-11-7-10-9;3-1(4)2(5)6/h1-7H;(H,3,4)(H,5,6). The lowest BCUT2D eigenvalue weighted by molar-refractivity contribution is -0.159. The Hall–Kier alpha value is -2.63. The molecule has 17 heavy (non-hydrogen) atoms. The number of fused-ring (bicyclic) bond motifs is 1. The normalized spacial score (nSPS) is 11.3. The van der Waals surface area contributed by atoms with Gasteiger partial charge in [-0.3, -0.25) is 0 Å². The Kier molecular flexibility index (Phi) is 4.44. The first-order valence-electron chi connectivity index (χ1n) is 4.51. The molecule has 0 bridgehead atoms. The van der Waals surface area contributed by atoms with E-state index in [-0.39, 0.29) is 0 Å². The van der Waals surface area contributed by atoms with Crippen LogP contribution in [0.3, 0.4) is 0 Å². The monoisotopic (exact) mass is 235 g/mol. The number of ether oxygens (including phenoxy) is 1. The summed E-state index contributed by atoms with van der Waals surface area (Å²) in [6.45, 7) is 0. The molecule has 1 aliphatic rings. The van der Waals surface area contributed by atoms with Crippen molar-refractivity contribution in [2.75, 3.05) is 0 Å². The number of hydrogen-bond donors (Lipinski definition) is 2. The van der Waals surface area contributed by atoms with Gasteiger partial charge in [0.1, 0.15) is 0 Å². The highest BCUT2D eigenvalue weighted by molar-refractivity contribution is 6.27. The average Bonchev–Trinajstić information content (AvgIpc) is 2.54. The second-order valence-corrected chi connectivity index (χ2v) is 2.84. The number of nitrogens with zero attached hydrogens (tertiary/aromatic N) is 1. The van der Waals surface area contributed by atoms with Crippen LogP contribution in [0.2, 0.25) is 0 Å². The number of carbonyl (C=O) groups is 2. The number of aliphatic imine (C=N–C) groups is 1. The number of para-hydroxylation sites is 1. The van der Waals surface area contributed by atoms with Gasteiger partial charge in [0, 0.05) is 5.56 Å². The van der Waals surface area contributed by atoms with Crippen LogP contribution >= 0.6 is 0 Å². The number of aliphatic carboxylic acids is 2. The number of carboxylic acid groups (broad SMARTS) is 2. The van der Waals surface area contributed by atoms with Crippen LogP contribution in [0.5, 0.6) is 0 Å². The van der Waals surface area contributed by atoms with Gasteiger partial charge in [-0.2, -0.15) is 0 Å². The predicted octanol–water partition coefficient (Wildman–Crippen LogP) is 1.50. The molecule has 2 rings (SSSR count). The van der Waals surface area contributed by atoms with Gasteiger partial charge in [-0.1, -0.05) is 18.2 Å². The highest BCUT2D eigenvalue weighted by atomic mass is 16.5. The Labute approximate surface area is 96.5 Å². The summed E-state index contributed by atoms with van der Waals surface area (Å²) in [6.07, 6.45) is 4.94. The maximum Gasteiger partial charge on any atom is 0.414 e. The molecule has 6 nitrogen and oxygen atoms in total. The van der Waals surface area contributed by atoms with Gasteiger partial charge >= 0.3 is 11.9 Å². The lowest BCUT2D eigenvalue weighted by Crippen LogP contribution is -2.09. The molecule has 0 unspecified atom stereocenters. The minimum atomic E-state index is -1.82. The van der Waals surface area contributed by atoms with Gasteiger partial charge in [-0.25, -0.2) is 14.6 Å². The molecule has 0 fully saturated rings. The third-order valence-corrected chi connectivity index (χ3v) is 1.70. The summed E-state index contributed by atoms with van der Waals surface area (Å²) in [5.74, 6) is -3.65. The van der Waals surface area contributed by atoms with E-state index in [4.69, 9.17) is 24.5 Å². The first kappa shape index (κ1) is 12.4. The number of hydrogen-bond acceptors (Lipinski definition) is 4. The molecule has 1 aliphatic heterocycles. The molecule has 1 aromatic rings. The summed E-state index contributed by atoms with van der Waals surface area (Å²) in [5.41, 5.74) is 2.03. The Morgan fingerprint density at radius 2 is 1.76 bits per heavy atom. The highest BCUT2D eigenvalue weighted by Gasteiger charge is 2.04. The molecule has 1 aromatic carbocycles. The fraction of sp³-hybridized carbons (Fsp3) is 0. The summed E-state index contributed by atoms with van der Waals surface area (Å²) in [6, 6.07) is 7.88. The first-order chi connectivity index (χ1) is 8.11. The SMILES string of the molecule is C1=Cc2ccccc2N=CO1.O=C(O)C(=O)O. The molecule has 0 aromatic heterocycles. The van der Waals surface area contributed by atoms with E-state index in [0.29, 0.717) is 0 Å². The van der Waals surface area contributed by atoms with Crippen molar-refractivity contribution in [2.24, 2.45) is 4.99 Å². The maximum absolute atomic E-state index is 9.10. The Bertz CT molecular complexity index is 436. The van der Waals surface area contributed by atoms with Gasteiger partial charge in [-0.05, 0) is 12.1 Å². The van der Waals surface area contributed by atoms with E-state index in [9.17, 15) is 0 Å². The van der Waals surface area contributed by atoms with Crippen LogP contribution in [0.15, 0.2) is 35.5 Å². The molecule has 0 atom stereocenters. The van der Waals surface area contributed by atoms with Crippen LogP contribution in [0, 0.1) is 0 Å². The van der Waals surface area contributed by atoms with Crippen LogP contribution in [0.1, 0.15) is 5.56 Å². The maximum atomic E-state index is 9.10. The van der Waals surface area contributed by atoms with E-state index in [1.54, 1.807) is 6.26 Å². The van der Waals surface area contributed by atoms with Crippen LogP contribution in [-0.2, 0) is 14.3 Å². The average molecular weight is 235 g/mol. The van der Waals surface area contributed by atoms with Gasteiger partial charge in [0.05, 0.1) is 11.9 Å². The molecule has 1 heterocycles. The summed E-state index contributed by atoms with van der Waals surface area (Å²) in [5, 5.41) is 14.8. The van der Waals surface area contributed by atoms with E-state index in [1.165, 1.54) is 6.40 Å². The third kappa shape index (κ3) is 4.17. The van der Waals surface area contributed by atoms with Crippen molar-refractivity contribution in [3.8, 4) is 0 Å². The van der Waals surface area contributed by atoms with Crippen LogP contribution in [0.4, 0.5) is 5.69 Å². The molecule has 0 saturated heterocycles. The third-order valence-electron chi connectivity index (χ3n) is 1.70. The Morgan fingerprint density at radius 3 is 2.41 bits per heavy atom. The van der Waals surface area contributed by atoms with Crippen molar-refractivity contribution in [1.29, 1.82) is 0 Å². The molecular weight excluding hydrogens is 226 g/mol. The molecule has 0 aliphatic carbocycles. The number of benzene rings is 1. The summed E-state index contributed by atoms with van der Waals surface area (Å²) in [4.78, 5) is 22.3. The van der Waals surface area contributed by atoms with Gasteiger partial charge in [0.15, 0.2) is 6.40 Å². The van der Waals surface area contributed by atoms with Crippen molar-refractivity contribution in [3.05, 3.63) is 36.1 Å². The lowest BCUT2D eigenvalue weighted by atomic mass is 10.2. The van der Waals surface area contributed by atoms with E-state index in [1.807, 2.05) is 30.3 Å². The summed E-state index contributed by atoms with van der Waals surface area (Å²) in [7, 11) is 0. The minimum absolute atomic E-state index is 0.946. The van der Waals surface area contributed by atoms with Crippen molar-refractivity contribution < 1.29 is 24.5 Å². The minimum Gasteiger partial charge on any atom is -0.473 e. The molecule has 2 N–H and O–H groups in total. The van der Waals surface area contributed by atoms with E-state index in [0.717, 1.165) is 11.3 Å². The van der Waals surface area contributed by atoms with Gasteiger partial charge in [0.2, 0.25) is 0 Å². The largest absolute Gasteiger partial charge is 0.473 e. The summed E-state index contributed by atoms with van der Waals surface area (Å²) < 4.78 is 4.90. The molecule has 6 heteroatoms. The molecule has 0 spiro atoms. The zero-order chi connectivity index (χ0) is 12.7. The van der Waals surface area contributed by atoms with E-state index in [2.05, 4.69) is 4.99 Å². The highest BCUT2D eigenvalue weighted by Crippen LogP contribution is 2.20. The van der Waals surface area contributed by atoms with Gasteiger partial charge < -0.3 is 14.9 Å². The van der Waals surface area contributed by atoms with Crippen LogP contribution in [0.25, 0.3) is 6.08 Å². The molecule has 88 valence electrons. The van der Waals surface area contributed by atoms with Gasteiger partial charge in [-0.15, -0.1) is 0 Å². The molecule has 0 amide bonds. The summed E-state index contributed by atoms with van der Waals surface area (Å²) >= 11 is 0. The van der Waals surface area contributed by atoms with Crippen LogP contribution in [-0.4, -0.2) is 28.6 Å². The predicted molar refractivity (Wildman–Crippen MR) is 60.0 cm³/mol. The Morgan fingerprint density at radius 1 is 1.12 bits per heavy atom. The fourth-order valence-electron chi connectivity index (χ4n) is 0.981. The van der Waals surface area contributed by atoms with Gasteiger partial charge in [0.25, 0.3) is 0 Å². The number of rotatable bonds is 0. The van der Waals surface area contributed by atoms with E-state index < -0.39 is 11.9 Å². The Balaban J connectivity index is 0.000000209. The zero-order valence-electron chi connectivity index (χ0n) is 8.61. The van der Waals surface area contributed by atoms with Crippen LogP contribution < -0.4 is 0 Å². The quantitative estimate of drug-likeness (QED) is 0.664. The molecule has 0 radical (unpaired) electrons. The first-order valence-corrected chi connectivity index (χ1v) is 4.51. The molecular formula is C11H9NO5. The second kappa shape index (κ2) is 6.06. The van der Waals surface area contributed by atoms with Crippen molar-refractivity contribution in [3.63, 3.8) is 0 Å².